The van der Waals surface area contributed by atoms with E-state index in [-0.39, 0.29) is 35.8 Å². The van der Waals surface area contributed by atoms with Crippen molar-refractivity contribution in [2.24, 2.45) is 11.7 Å². The van der Waals surface area contributed by atoms with E-state index in [1.54, 1.807) is 0 Å². The van der Waals surface area contributed by atoms with Crippen LogP contribution in [0.15, 0.2) is 24.3 Å². The van der Waals surface area contributed by atoms with Crippen LogP contribution in [0.25, 0.3) is 0 Å². The quantitative estimate of drug-likeness (QED) is 0.655. The van der Waals surface area contributed by atoms with Gasteiger partial charge in [0, 0.05) is 31.3 Å². The highest BCUT2D eigenvalue weighted by Gasteiger charge is 2.30. The second-order valence-electron chi connectivity index (χ2n) is 5.47. The van der Waals surface area contributed by atoms with Gasteiger partial charge in [0.15, 0.2) is 0 Å². The van der Waals surface area contributed by atoms with Gasteiger partial charge < -0.3 is 5.73 Å². The molecule has 2 atom stereocenters. The number of nitrogens with two attached hydrogens (primary N) is 1. The monoisotopic (exact) mass is 349 g/mol. The van der Waals surface area contributed by atoms with Crippen LogP contribution in [0.3, 0.4) is 0 Å². The van der Waals surface area contributed by atoms with Gasteiger partial charge in [0.1, 0.15) is 0 Å². The number of hydrogen-bond donors (Lipinski definition) is 1. The first-order chi connectivity index (χ1) is 9.79. The second kappa shape index (κ2) is 7.36. The first-order valence-corrected chi connectivity index (χ1v) is 8.37. The predicted octanol–water partition coefficient (Wildman–Crippen LogP) is 1.52. The van der Waals surface area contributed by atoms with Gasteiger partial charge in [-0.25, -0.2) is 12.7 Å². The summed E-state index contributed by atoms with van der Waals surface area (Å²) in [7, 11) is -3.42. The predicted molar refractivity (Wildman–Crippen MR) is 86.3 cm³/mol. The Bertz CT molecular complexity index is 621. The molecule has 1 aromatic rings. The van der Waals surface area contributed by atoms with Crippen LogP contribution in [0.4, 0.5) is 5.69 Å². The molecule has 2 unspecified atom stereocenters. The summed E-state index contributed by atoms with van der Waals surface area (Å²) in [5.74, 6) is -0.0159. The maximum Gasteiger partial charge on any atom is 0.269 e. The molecule has 1 aromatic carbocycles. The summed E-state index contributed by atoms with van der Waals surface area (Å²) < 4.78 is 26.2. The number of nitro groups is 1. The summed E-state index contributed by atoms with van der Waals surface area (Å²) in [6.45, 7) is 2.80. The number of nitrogens with zero attached hydrogens (tertiary/aromatic N) is 2. The van der Waals surface area contributed by atoms with E-state index >= 15 is 0 Å². The fourth-order valence-electron chi connectivity index (χ4n) is 2.39. The van der Waals surface area contributed by atoms with Crippen molar-refractivity contribution in [1.29, 1.82) is 0 Å². The van der Waals surface area contributed by atoms with E-state index in [1.165, 1.54) is 28.6 Å². The van der Waals surface area contributed by atoms with Crippen molar-refractivity contribution in [1.82, 2.24) is 4.31 Å². The van der Waals surface area contributed by atoms with Crippen molar-refractivity contribution in [3.8, 4) is 0 Å². The zero-order valence-corrected chi connectivity index (χ0v) is 13.8. The summed E-state index contributed by atoms with van der Waals surface area (Å²) in [4.78, 5) is 10.1. The lowest BCUT2D eigenvalue weighted by molar-refractivity contribution is -0.384. The molecule has 0 spiro atoms. The SMILES string of the molecule is CC1CN(S(=O)(=O)Cc2ccc([N+](=O)[O-])cc2)CCC1N.Cl. The van der Waals surface area contributed by atoms with E-state index in [0.717, 1.165) is 0 Å². The fourth-order valence-corrected chi connectivity index (χ4v) is 4.04. The smallest absolute Gasteiger partial charge is 0.269 e. The average Bonchev–Trinajstić information content (AvgIpc) is 2.42. The van der Waals surface area contributed by atoms with Gasteiger partial charge in [-0.15, -0.1) is 12.4 Å². The third-order valence-electron chi connectivity index (χ3n) is 3.82. The summed E-state index contributed by atoms with van der Waals surface area (Å²) in [5.41, 5.74) is 6.39. The van der Waals surface area contributed by atoms with Crippen molar-refractivity contribution >= 4 is 28.1 Å². The Labute approximate surface area is 136 Å². The number of non-ortho nitro benzene ring substituents is 1. The van der Waals surface area contributed by atoms with Gasteiger partial charge in [-0.1, -0.05) is 19.1 Å². The number of halogens is 1. The van der Waals surface area contributed by atoms with Crippen LogP contribution in [-0.4, -0.2) is 36.8 Å². The summed E-state index contributed by atoms with van der Waals surface area (Å²) >= 11 is 0. The van der Waals surface area contributed by atoms with Gasteiger partial charge in [0.2, 0.25) is 10.0 Å². The van der Waals surface area contributed by atoms with Gasteiger partial charge in [-0.05, 0) is 17.9 Å². The molecule has 22 heavy (non-hydrogen) atoms. The fraction of sp³-hybridized carbons (Fsp3) is 0.538. The van der Waals surface area contributed by atoms with Crippen LogP contribution in [0.2, 0.25) is 0 Å². The van der Waals surface area contributed by atoms with Gasteiger partial charge in [0.05, 0.1) is 10.7 Å². The molecular weight excluding hydrogens is 330 g/mol. The van der Waals surface area contributed by atoms with Gasteiger partial charge in [0.25, 0.3) is 5.69 Å². The molecule has 9 heteroatoms. The number of piperidine rings is 1. The van der Waals surface area contributed by atoms with Crippen molar-refractivity contribution < 1.29 is 13.3 Å². The second-order valence-corrected chi connectivity index (χ2v) is 7.44. The molecule has 0 amide bonds. The van der Waals surface area contributed by atoms with E-state index in [1.807, 2.05) is 6.92 Å². The van der Waals surface area contributed by atoms with E-state index in [9.17, 15) is 18.5 Å². The van der Waals surface area contributed by atoms with Crippen molar-refractivity contribution in [2.75, 3.05) is 13.1 Å². The van der Waals surface area contributed by atoms with Crippen molar-refractivity contribution in [3.05, 3.63) is 39.9 Å². The molecule has 0 aromatic heterocycles. The van der Waals surface area contributed by atoms with E-state index in [0.29, 0.717) is 25.1 Å². The number of hydrogen-bond acceptors (Lipinski definition) is 5. The molecule has 0 saturated carbocycles. The number of rotatable bonds is 4. The normalized spacial score (nSPS) is 22.8. The third kappa shape index (κ3) is 4.39. The van der Waals surface area contributed by atoms with Crippen LogP contribution >= 0.6 is 12.4 Å². The summed E-state index contributed by atoms with van der Waals surface area (Å²) in [5, 5.41) is 10.6. The molecule has 2 N–H and O–H groups in total. The Morgan fingerprint density at radius 2 is 1.95 bits per heavy atom. The number of benzene rings is 1. The Balaban J connectivity index is 0.00000242. The Kier molecular flexibility index (Phi) is 6.30. The first kappa shape index (κ1) is 18.8. The van der Waals surface area contributed by atoms with Crippen molar-refractivity contribution in [2.45, 2.75) is 25.1 Å². The minimum atomic E-state index is -3.42. The largest absolute Gasteiger partial charge is 0.327 e. The lowest BCUT2D eigenvalue weighted by Gasteiger charge is -2.34. The average molecular weight is 350 g/mol. The van der Waals surface area contributed by atoms with E-state index in [4.69, 9.17) is 5.73 Å². The van der Waals surface area contributed by atoms with Crippen LogP contribution < -0.4 is 5.73 Å². The lowest BCUT2D eigenvalue weighted by atomic mass is 9.96. The lowest BCUT2D eigenvalue weighted by Crippen LogP contribution is -2.48. The topological polar surface area (TPSA) is 107 Å². The molecule has 7 nitrogen and oxygen atoms in total. The minimum absolute atomic E-state index is 0. The highest BCUT2D eigenvalue weighted by atomic mass is 35.5. The molecule has 1 fully saturated rings. The molecule has 1 saturated heterocycles. The molecule has 0 bridgehead atoms. The van der Waals surface area contributed by atoms with Crippen LogP contribution in [0.1, 0.15) is 18.9 Å². The number of nitro benzene ring substituents is 1. The molecular formula is C13H20ClN3O4S. The zero-order valence-electron chi connectivity index (χ0n) is 12.2. The highest BCUT2D eigenvalue weighted by molar-refractivity contribution is 7.88. The molecule has 1 heterocycles. The molecule has 1 aliphatic heterocycles. The van der Waals surface area contributed by atoms with Crippen LogP contribution in [0, 0.1) is 16.0 Å². The minimum Gasteiger partial charge on any atom is -0.327 e. The molecule has 1 aliphatic rings. The third-order valence-corrected chi connectivity index (χ3v) is 5.64. The maximum atomic E-state index is 12.4. The van der Waals surface area contributed by atoms with Gasteiger partial charge in [-0.2, -0.15) is 0 Å². The van der Waals surface area contributed by atoms with Crippen LogP contribution in [-0.2, 0) is 15.8 Å². The first-order valence-electron chi connectivity index (χ1n) is 6.76. The van der Waals surface area contributed by atoms with Crippen molar-refractivity contribution in [3.63, 3.8) is 0 Å². The standard InChI is InChI=1S/C13H19N3O4S.ClH/c1-10-8-15(7-6-13(10)14)21(19,20)9-11-2-4-12(5-3-11)16(17)18;/h2-5,10,13H,6-9,14H2,1H3;1H. The summed E-state index contributed by atoms with van der Waals surface area (Å²) in [6, 6.07) is 5.64. The van der Waals surface area contributed by atoms with E-state index in [2.05, 4.69) is 0 Å². The van der Waals surface area contributed by atoms with Gasteiger partial charge in [-0.3, -0.25) is 10.1 Å². The molecule has 0 aliphatic carbocycles. The highest BCUT2D eigenvalue weighted by Crippen LogP contribution is 2.21. The molecule has 2 rings (SSSR count). The zero-order chi connectivity index (χ0) is 15.6. The molecule has 124 valence electrons. The molecule has 0 radical (unpaired) electrons. The van der Waals surface area contributed by atoms with E-state index < -0.39 is 14.9 Å². The van der Waals surface area contributed by atoms with Gasteiger partial charge >= 0.3 is 0 Å². The Morgan fingerprint density at radius 1 is 1.36 bits per heavy atom. The van der Waals surface area contributed by atoms with Crippen LogP contribution in [0.5, 0.6) is 0 Å². The summed E-state index contributed by atoms with van der Waals surface area (Å²) in [6.07, 6.45) is 0.653. The maximum absolute atomic E-state index is 12.4. The Morgan fingerprint density at radius 3 is 2.45 bits per heavy atom. The Hall–Kier alpha value is -1.22. The number of sulfonamides is 1.